The molecule has 2 fully saturated rings. The van der Waals surface area contributed by atoms with Crippen molar-refractivity contribution in [3.8, 4) is 0 Å². The van der Waals surface area contributed by atoms with Crippen LogP contribution in [0.5, 0.6) is 0 Å². The van der Waals surface area contributed by atoms with E-state index in [1.807, 2.05) is 17.0 Å². The van der Waals surface area contributed by atoms with E-state index in [0.29, 0.717) is 17.8 Å². The van der Waals surface area contributed by atoms with Gasteiger partial charge in [0, 0.05) is 28.8 Å². The second-order valence-corrected chi connectivity index (χ2v) is 6.02. The molecule has 2 saturated heterocycles. The molecule has 3 heterocycles. The van der Waals surface area contributed by atoms with Gasteiger partial charge in [0.2, 0.25) is 0 Å². The van der Waals surface area contributed by atoms with Gasteiger partial charge in [0.25, 0.3) is 5.91 Å². The van der Waals surface area contributed by atoms with Crippen LogP contribution in [0.4, 0.5) is 0 Å². The molecule has 0 spiro atoms. The topological polar surface area (TPSA) is 59.2 Å². The van der Waals surface area contributed by atoms with E-state index in [-0.39, 0.29) is 11.9 Å². The van der Waals surface area contributed by atoms with Gasteiger partial charge in [-0.1, -0.05) is 0 Å². The zero-order chi connectivity index (χ0) is 12.7. The van der Waals surface area contributed by atoms with Crippen LogP contribution in [0, 0.1) is 0 Å². The first-order chi connectivity index (χ1) is 8.66. The normalized spacial score (nSPS) is 30.6. The molecule has 2 aliphatic heterocycles. The number of amides is 1. The number of fused-ring (bicyclic) bond motifs is 2. The molecule has 2 atom stereocenters. The molecule has 3 rings (SSSR count). The van der Waals surface area contributed by atoms with Gasteiger partial charge in [-0.3, -0.25) is 4.79 Å². The second kappa shape index (κ2) is 4.63. The lowest BCUT2D eigenvalue weighted by Gasteiger charge is -2.37. The molecule has 2 N–H and O–H groups in total. The number of hydrogen-bond acceptors (Lipinski definition) is 3. The van der Waals surface area contributed by atoms with Crippen molar-refractivity contribution in [2.75, 3.05) is 0 Å². The summed E-state index contributed by atoms with van der Waals surface area (Å²) in [5.74, 6) is 0.0434. The average Bonchev–Trinajstić information content (AvgIpc) is 2.61. The number of hydrogen-bond donors (Lipinski definition) is 1. The number of nitrogens with two attached hydrogens (primary N) is 1. The molecule has 0 aromatic carbocycles. The quantitative estimate of drug-likeness (QED) is 0.862. The molecule has 2 aliphatic rings. The molecule has 18 heavy (non-hydrogen) atoms. The molecule has 1 aromatic rings. The van der Waals surface area contributed by atoms with E-state index in [9.17, 15) is 4.79 Å². The monoisotopic (exact) mass is 309 g/mol. The van der Waals surface area contributed by atoms with Gasteiger partial charge in [0.05, 0.1) is 0 Å². The third-order valence-corrected chi connectivity index (χ3v) is 4.61. The molecule has 4 nitrogen and oxygen atoms in total. The van der Waals surface area contributed by atoms with E-state index in [0.717, 1.165) is 30.2 Å². The van der Waals surface area contributed by atoms with Crippen molar-refractivity contribution >= 4 is 21.8 Å². The van der Waals surface area contributed by atoms with E-state index in [4.69, 9.17) is 5.73 Å². The van der Waals surface area contributed by atoms with Crippen molar-refractivity contribution in [3.05, 3.63) is 28.5 Å². The molecule has 0 aliphatic carbocycles. The van der Waals surface area contributed by atoms with Crippen molar-refractivity contribution in [1.29, 1.82) is 0 Å². The Morgan fingerprint density at radius 1 is 1.39 bits per heavy atom. The maximum absolute atomic E-state index is 12.6. The van der Waals surface area contributed by atoms with Crippen molar-refractivity contribution in [3.63, 3.8) is 0 Å². The summed E-state index contributed by atoms with van der Waals surface area (Å²) in [5, 5.41) is 0. The van der Waals surface area contributed by atoms with Crippen LogP contribution >= 0.6 is 15.9 Å². The van der Waals surface area contributed by atoms with Gasteiger partial charge in [-0.05, 0) is 53.7 Å². The number of nitrogens with zero attached hydrogens (tertiary/aromatic N) is 2. The lowest BCUT2D eigenvalue weighted by Crippen LogP contribution is -2.50. The Hall–Kier alpha value is -0.940. The molecular formula is C13H16BrN3O. The smallest absolute Gasteiger partial charge is 0.274 e. The van der Waals surface area contributed by atoms with Crippen LogP contribution in [0.25, 0.3) is 0 Å². The van der Waals surface area contributed by atoms with Crippen LogP contribution in [0.2, 0.25) is 0 Å². The van der Waals surface area contributed by atoms with Crippen LogP contribution in [0.15, 0.2) is 22.8 Å². The minimum Gasteiger partial charge on any atom is -0.331 e. The second-order valence-electron chi connectivity index (χ2n) is 5.16. The predicted octanol–water partition coefficient (Wildman–Crippen LogP) is 1.94. The molecule has 96 valence electrons. The highest BCUT2D eigenvalue weighted by molar-refractivity contribution is 9.10. The summed E-state index contributed by atoms with van der Waals surface area (Å²) >= 11 is 3.40. The van der Waals surface area contributed by atoms with Gasteiger partial charge in [-0.25, -0.2) is 4.98 Å². The van der Waals surface area contributed by atoms with Gasteiger partial charge in [-0.2, -0.15) is 0 Å². The summed E-state index contributed by atoms with van der Waals surface area (Å²) < 4.78 is 0.768. The Morgan fingerprint density at radius 3 is 2.67 bits per heavy atom. The summed E-state index contributed by atoms with van der Waals surface area (Å²) in [6.07, 6.45) is 5.66. The summed E-state index contributed by atoms with van der Waals surface area (Å²) in [4.78, 5) is 18.8. The summed E-state index contributed by atoms with van der Waals surface area (Å²) in [6.45, 7) is 0. The lowest BCUT2D eigenvalue weighted by molar-refractivity contribution is 0.0568. The Morgan fingerprint density at radius 2 is 2.06 bits per heavy atom. The summed E-state index contributed by atoms with van der Waals surface area (Å²) in [6, 6.07) is 4.54. The minimum absolute atomic E-state index is 0.0434. The average molecular weight is 310 g/mol. The number of piperidine rings is 1. The number of halogens is 1. The Balaban J connectivity index is 1.88. The van der Waals surface area contributed by atoms with E-state index in [1.54, 1.807) is 6.20 Å². The fraction of sp³-hybridized carbons (Fsp3) is 0.538. The standard InChI is InChI=1S/C13H16BrN3O/c14-11-2-1-5-16-12(11)13(18)17-9-3-4-10(17)7-8(15)6-9/h1-2,5,8-10H,3-4,6-7,15H2. The van der Waals surface area contributed by atoms with Crippen LogP contribution in [-0.2, 0) is 0 Å². The van der Waals surface area contributed by atoms with E-state index < -0.39 is 0 Å². The Kier molecular flexibility index (Phi) is 3.11. The third kappa shape index (κ3) is 1.95. The van der Waals surface area contributed by atoms with Crippen molar-refractivity contribution in [2.24, 2.45) is 5.73 Å². The van der Waals surface area contributed by atoms with Gasteiger partial charge in [0.15, 0.2) is 0 Å². The van der Waals surface area contributed by atoms with Crippen molar-refractivity contribution in [1.82, 2.24) is 9.88 Å². The number of aromatic nitrogens is 1. The van der Waals surface area contributed by atoms with E-state index >= 15 is 0 Å². The number of carbonyl (C=O) groups is 1. The highest BCUT2D eigenvalue weighted by Crippen LogP contribution is 2.36. The van der Waals surface area contributed by atoms with Gasteiger partial charge < -0.3 is 10.6 Å². The van der Waals surface area contributed by atoms with Crippen LogP contribution in [0.3, 0.4) is 0 Å². The van der Waals surface area contributed by atoms with Gasteiger partial charge >= 0.3 is 0 Å². The largest absolute Gasteiger partial charge is 0.331 e. The minimum atomic E-state index is 0.0434. The summed E-state index contributed by atoms with van der Waals surface area (Å²) in [5.41, 5.74) is 6.54. The fourth-order valence-electron chi connectivity index (χ4n) is 3.22. The summed E-state index contributed by atoms with van der Waals surface area (Å²) in [7, 11) is 0. The zero-order valence-electron chi connectivity index (χ0n) is 10.1. The first-order valence-electron chi connectivity index (χ1n) is 6.35. The predicted molar refractivity (Wildman–Crippen MR) is 72.1 cm³/mol. The SMILES string of the molecule is NC1CC2CCC(C1)N2C(=O)c1ncccc1Br. The first-order valence-corrected chi connectivity index (χ1v) is 7.15. The maximum atomic E-state index is 12.6. The van der Waals surface area contributed by atoms with Crippen molar-refractivity contribution in [2.45, 2.75) is 43.8 Å². The zero-order valence-corrected chi connectivity index (χ0v) is 11.6. The fourth-order valence-corrected chi connectivity index (χ4v) is 3.64. The molecule has 0 radical (unpaired) electrons. The highest BCUT2D eigenvalue weighted by Gasteiger charge is 2.43. The molecule has 0 saturated carbocycles. The molecule has 5 heteroatoms. The molecule has 2 unspecified atom stereocenters. The van der Waals surface area contributed by atoms with Gasteiger partial charge in [-0.15, -0.1) is 0 Å². The van der Waals surface area contributed by atoms with Crippen LogP contribution in [-0.4, -0.2) is 33.9 Å². The Labute approximate surface area is 115 Å². The van der Waals surface area contributed by atoms with E-state index in [1.165, 1.54) is 0 Å². The molecule has 1 amide bonds. The number of carbonyl (C=O) groups excluding carboxylic acids is 1. The maximum Gasteiger partial charge on any atom is 0.274 e. The third-order valence-electron chi connectivity index (χ3n) is 3.97. The number of rotatable bonds is 1. The highest BCUT2D eigenvalue weighted by atomic mass is 79.9. The molecular weight excluding hydrogens is 294 g/mol. The molecule has 2 bridgehead atoms. The van der Waals surface area contributed by atoms with E-state index in [2.05, 4.69) is 20.9 Å². The number of pyridine rings is 1. The Bertz CT molecular complexity index is 465. The first kappa shape index (κ1) is 12.1. The lowest BCUT2D eigenvalue weighted by atomic mass is 9.98. The van der Waals surface area contributed by atoms with Crippen LogP contribution < -0.4 is 5.73 Å². The van der Waals surface area contributed by atoms with Gasteiger partial charge in [0.1, 0.15) is 5.69 Å². The van der Waals surface area contributed by atoms with Crippen molar-refractivity contribution < 1.29 is 4.79 Å². The molecule has 1 aromatic heterocycles. The van der Waals surface area contributed by atoms with Crippen LogP contribution in [0.1, 0.15) is 36.2 Å².